The molecular formula is C10H13Br2N3O. The van der Waals surface area contributed by atoms with Crippen LogP contribution >= 0.6 is 31.9 Å². The molecule has 0 aliphatic carbocycles. The van der Waals surface area contributed by atoms with Crippen molar-refractivity contribution < 1.29 is 4.79 Å². The Labute approximate surface area is 112 Å². The molecule has 1 aromatic heterocycles. The first kappa shape index (κ1) is 13.4. The lowest BCUT2D eigenvalue weighted by molar-refractivity contribution is -0.127. The number of likely N-dealkylation sites (N-methyl/N-ethyl adjacent to an activating group) is 1. The fraction of sp³-hybridized carbons (Fsp3) is 0.400. The van der Waals surface area contributed by atoms with Gasteiger partial charge in [0.25, 0.3) is 0 Å². The quantitative estimate of drug-likeness (QED) is 0.907. The molecule has 0 aromatic carbocycles. The number of nitrogens with one attached hydrogen (secondary N) is 1. The fourth-order valence-electron chi connectivity index (χ4n) is 1.02. The van der Waals surface area contributed by atoms with E-state index in [1.807, 2.05) is 13.0 Å². The molecule has 88 valence electrons. The van der Waals surface area contributed by atoms with Gasteiger partial charge in [0.1, 0.15) is 5.82 Å². The first-order valence-corrected chi connectivity index (χ1v) is 6.42. The van der Waals surface area contributed by atoms with E-state index in [2.05, 4.69) is 42.2 Å². The molecule has 1 heterocycles. The normalized spacial score (nSPS) is 10.0. The van der Waals surface area contributed by atoms with Crippen LogP contribution in [-0.4, -0.2) is 35.9 Å². The van der Waals surface area contributed by atoms with Crippen molar-refractivity contribution in [2.24, 2.45) is 0 Å². The van der Waals surface area contributed by atoms with Crippen molar-refractivity contribution in [3.63, 3.8) is 0 Å². The number of rotatable bonds is 4. The predicted octanol–water partition coefficient (Wildman–Crippen LogP) is 2.50. The van der Waals surface area contributed by atoms with Crippen molar-refractivity contribution in [1.29, 1.82) is 0 Å². The van der Waals surface area contributed by atoms with Crippen LogP contribution in [0.3, 0.4) is 0 Å². The number of pyridine rings is 1. The van der Waals surface area contributed by atoms with Crippen molar-refractivity contribution in [2.75, 3.05) is 25.5 Å². The van der Waals surface area contributed by atoms with E-state index < -0.39 is 0 Å². The maximum atomic E-state index is 11.5. The third-order valence-electron chi connectivity index (χ3n) is 2.11. The Kier molecular flexibility index (Phi) is 5.21. The number of anilines is 1. The van der Waals surface area contributed by atoms with E-state index in [-0.39, 0.29) is 12.5 Å². The second-order valence-corrected chi connectivity index (χ2v) is 5.02. The number of hydrogen-bond acceptors (Lipinski definition) is 3. The van der Waals surface area contributed by atoms with E-state index in [1.54, 1.807) is 18.1 Å². The van der Waals surface area contributed by atoms with Gasteiger partial charge < -0.3 is 10.2 Å². The highest BCUT2D eigenvalue weighted by Crippen LogP contribution is 2.23. The van der Waals surface area contributed by atoms with Crippen LogP contribution in [0, 0.1) is 0 Å². The third-order valence-corrected chi connectivity index (χ3v) is 3.15. The van der Waals surface area contributed by atoms with Gasteiger partial charge in [-0.3, -0.25) is 4.79 Å². The summed E-state index contributed by atoms with van der Waals surface area (Å²) < 4.78 is 1.72. The number of carbonyl (C=O) groups is 1. The van der Waals surface area contributed by atoms with E-state index in [0.717, 1.165) is 8.95 Å². The largest absolute Gasteiger partial charge is 0.360 e. The van der Waals surface area contributed by atoms with Crippen LogP contribution in [0.2, 0.25) is 0 Å². The summed E-state index contributed by atoms with van der Waals surface area (Å²) >= 11 is 6.69. The first-order chi connectivity index (χ1) is 7.54. The standard InChI is InChI=1S/C10H13Br2N3O/c1-3-15(2)9(16)6-14-10-8(12)4-7(11)5-13-10/h4-5H,3,6H2,1-2H3,(H,13,14). The highest BCUT2D eigenvalue weighted by Gasteiger charge is 2.08. The van der Waals surface area contributed by atoms with Gasteiger partial charge in [-0.25, -0.2) is 4.98 Å². The number of carbonyl (C=O) groups excluding carboxylic acids is 1. The Hall–Kier alpha value is -0.620. The van der Waals surface area contributed by atoms with Crippen LogP contribution in [0.15, 0.2) is 21.2 Å². The Morgan fingerprint density at radius 1 is 1.56 bits per heavy atom. The monoisotopic (exact) mass is 349 g/mol. The molecule has 0 unspecified atom stereocenters. The summed E-state index contributed by atoms with van der Waals surface area (Å²) in [5.74, 6) is 0.708. The van der Waals surface area contributed by atoms with Crippen LogP contribution in [0.5, 0.6) is 0 Å². The molecule has 1 amide bonds. The summed E-state index contributed by atoms with van der Waals surface area (Å²) in [7, 11) is 1.77. The molecule has 0 bridgehead atoms. The van der Waals surface area contributed by atoms with Crippen LogP contribution in [0.4, 0.5) is 5.82 Å². The zero-order valence-electron chi connectivity index (χ0n) is 9.13. The molecule has 6 heteroatoms. The van der Waals surface area contributed by atoms with Crippen molar-refractivity contribution in [2.45, 2.75) is 6.92 Å². The lowest BCUT2D eigenvalue weighted by Crippen LogP contribution is -2.32. The molecule has 0 fully saturated rings. The van der Waals surface area contributed by atoms with Crippen molar-refractivity contribution >= 4 is 43.6 Å². The molecular weight excluding hydrogens is 338 g/mol. The summed E-state index contributed by atoms with van der Waals surface area (Å²) in [6.45, 7) is 2.89. The number of nitrogens with zero attached hydrogens (tertiary/aromatic N) is 2. The van der Waals surface area contributed by atoms with E-state index >= 15 is 0 Å². The molecule has 0 radical (unpaired) electrons. The number of amides is 1. The van der Waals surface area contributed by atoms with Crippen LogP contribution in [0.1, 0.15) is 6.92 Å². The summed E-state index contributed by atoms with van der Waals surface area (Å²) in [5, 5.41) is 2.99. The second-order valence-electron chi connectivity index (χ2n) is 3.25. The van der Waals surface area contributed by atoms with Gasteiger partial charge in [-0.05, 0) is 44.8 Å². The Bertz CT molecular complexity index is 384. The zero-order chi connectivity index (χ0) is 12.1. The highest BCUT2D eigenvalue weighted by molar-refractivity contribution is 9.11. The Balaban J connectivity index is 2.58. The van der Waals surface area contributed by atoms with Gasteiger partial charge in [0.15, 0.2) is 0 Å². The van der Waals surface area contributed by atoms with Gasteiger partial charge in [-0.2, -0.15) is 0 Å². The molecule has 16 heavy (non-hydrogen) atoms. The topological polar surface area (TPSA) is 45.2 Å². The first-order valence-electron chi connectivity index (χ1n) is 4.83. The minimum absolute atomic E-state index is 0.0409. The highest BCUT2D eigenvalue weighted by atomic mass is 79.9. The van der Waals surface area contributed by atoms with E-state index in [9.17, 15) is 4.79 Å². The predicted molar refractivity (Wildman–Crippen MR) is 71.4 cm³/mol. The van der Waals surface area contributed by atoms with Crippen molar-refractivity contribution in [3.8, 4) is 0 Å². The van der Waals surface area contributed by atoms with Gasteiger partial charge in [0.05, 0.1) is 11.0 Å². The van der Waals surface area contributed by atoms with Gasteiger partial charge in [-0.15, -0.1) is 0 Å². The van der Waals surface area contributed by atoms with Crippen LogP contribution in [0.25, 0.3) is 0 Å². The minimum Gasteiger partial charge on any atom is -0.360 e. The molecule has 0 saturated heterocycles. The zero-order valence-corrected chi connectivity index (χ0v) is 12.3. The Morgan fingerprint density at radius 2 is 2.25 bits per heavy atom. The molecule has 1 rings (SSSR count). The van der Waals surface area contributed by atoms with Gasteiger partial charge >= 0.3 is 0 Å². The lowest BCUT2D eigenvalue weighted by Gasteiger charge is -2.15. The van der Waals surface area contributed by atoms with Crippen molar-refractivity contribution in [3.05, 3.63) is 21.2 Å². The van der Waals surface area contributed by atoms with Gasteiger partial charge in [-0.1, -0.05) is 0 Å². The molecule has 0 saturated carbocycles. The van der Waals surface area contributed by atoms with Crippen LogP contribution in [-0.2, 0) is 4.79 Å². The lowest BCUT2D eigenvalue weighted by atomic mass is 10.4. The summed E-state index contributed by atoms with van der Waals surface area (Å²) in [4.78, 5) is 17.3. The maximum Gasteiger partial charge on any atom is 0.241 e. The summed E-state index contributed by atoms with van der Waals surface area (Å²) in [5.41, 5.74) is 0. The number of aromatic nitrogens is 1. The van der Waals surface area contributed by atoms with Gasteiger partial charge in [0.2, 0.25) is 5.91 Å². The summed E-state index contributed by atoms with van der Waals surface area (Å²) in [6, 6.07) is 1.88. The summed E-state index contributed by atoms with van der Waals surface area (Å²) in [6.07, 6.45) is 1.68. The minimum atomic E-state index is 0.0409. The second kappa shape index (κ2) is 6.20. The SMILES string of the molecule is CCN(C)C(=O)CNc1ncc(Br)cc1Br. The molecule has 1 aromatic rings. The van der Waals surface area contributed by atoms with Gasteiger partial charge in [0, 0.05) is 24.3 Å². The van der Waals surface area contributed by atoms with E-state index in [1.165, 1.54) is 0 Å². The smallest absolute Gasteiger partial charge is 0.241 e. The average Bonchev–Trinajstić information content (AvgIpc) is 2.26. The average molecular weight is 351 g/mol. The maximum absolute atomic E-state index is 11.5. The Morgan fingerprint density at radius 3 is 2.81 bits per heavy atom. The molecule has 0 atom stereocenters. The van der Waals surface area contributed by atoms with E-state index in [0.29, 0.717) is 12.4 Å². The molecule has 1 N–H and O–H groups in total. The van der Waals surface area contributed by atoms with Crippen molar-refractivity contribution in [1.82, 2.24) is 9.88 Å². The van der Waals surface area contributed by atoms with Crippen LogP contribution < -0.4 is 5.32 Å². The third kappa shape index (κ3) is 3.75. The number of halogens is 2. The van der Waals surface area contributed by atoms with E-state index in [4.69, 9.17) is 0 Å². The molecule has 4 nitrogen and oxygen atoms in total. The molecule has 0 spiro atoms. The molecule has 0 aliphatic rings. The fourth-order valence-corrected chi connectivity index (χ4v) is 2.14. The molecule has 0 aliphatic heterocycles. The number of hydrogen-bond donors (Lipinski definition) is 1.